The number of ether oxygens (including phenoxy) is 2. The molecule has 0 bridgehead atoms. The molecule has 0 radical (unpaired) electrons. The number of unbranched alkanes of at least 4 members (excludes halogenated alkanes) is 8. The van der Waals surface area contributed by atoms with Gasteiger partial charge in [0, 0.05) is 13.0 Å². The number of aliphatic imine (C=N–C) groups is 1. The molecule has 7 N–H and O–H groups in total. The van der Waals surface area contributed by atoms with Gasteiger partial charge in [-0.25, -0.2) is 0 Å². The van der Waals surface area contributed by atoms with Gasteiger partial charge in [-0.15, -0.1) is 24.8 Å². The van der Waals surface area contributed by atoms with Crippen molar-refractivity contribution >= 4 is 42.7 Å². The largest absolute Gasteiger partial charge is 0.463 e. The van der Waals surface area contributed by atoms with Crippen LogP contribution < -0.4 is 17.2 Å². The highest BCUT2D eigenvalue weighted by atomic mass is 35.5. The third-order valence-electron chi connectivity index (χ3n) is 4.61. The predicted molar refractivity (Wildman–Crippen MR) is 132 cm³/mol. The average Bonchev–Trinajstić information content (AvgIpc) is 2.71. The number of nitrogens with zero attached hydrogens (tertiary/aromatic N) is 1. The summed E-state index contributed by atoms with van der Waals surface area (Å²) in [6.07, 6.45) is 10.7. The van der Waals surface area contributed by atoms with Crippen LogP contribution in [-0.4, -0.2) is 54.9 Å². The Morgan fingerprint density at radius 3 is 1.97 bits per heavy atom. The van der Waals surface area contributed by atoms with Crippen molar-refractivity contribution in [2.45, 2.75) is 96.1 Å². The summed E-state index contributed by atoms with van der Waals surface area (Å²) in [5, 5.41) is 9.79. The molecule has 9 nitrogen and oxygen atoms in total. The molecule has 0 spiro atoms. The minimum absolute atomic E-state index is 0. The molecule has 192 valence electrons. The molecular weight excluding hydrogens is 459 g/mol. The van der Waals surface area contributed by atoms with Gasteiger partial charge in [0.15, 0.2) is 5.96 Å². The van der Waals surface area contributed by atoms with Crippen LogP contribution in [0.1, 0.15) is 84.0 Å². The zero-order valence-corrected chi connectivity index (χ0v) is 21.0. The number of carbonyl (C=O) groups excluding carboxylic acids is 2. The van der Waals surface area contributed by atoms with Crippen molar-refractivity contribution in [3.05, 3.63) is 0 Å². The highest BCUT2D eigenvalue weighted by Crippen LogP contribution is 2.10. The first-order valence-electron chi connectivity index (χ1n) is 11.2. The fraction of sp³-hybridized carbons (Fsp3) is 0.857. The molecule has 0 heterocycles. The maximum atomic E-state index is 11.8. The van der Waals surface area contributed by atoms with Gasteiger partial charge < -0.3 is 31.8 Å². The van der Waals surface area contributed by atoms with Crippen LogP contribution in [0.5, 0.6) is 0 Å². The zero-order chi connectivity index (χ0) is 22.6. The Labute approximate surface area is 205 Å². The van der Waals surface area contributed by atoms with E-state index in [9.17, 15) is 14.7 Å². The number of hydrogen-bond donors (Lipinski definition) is 4. The topological polar surface area (TPSA) is 163 Å². The number of aliphatic hydroxyl groups excluding tert-OH is 1. The van der Waals surface area contributed by atoms with E-state index in [0.29, 0.717) is 25.8 Å². The van der Waals surface area contributed by atoms with E-state index in [2.05, 4.69) is 11.9 Å². The lowest BCUT2D eigenvalue weighted by atomic mass is 10.1. The molecule has 0 aliphatic carbocycles. The minimum atomic E-state index is -1.07. The van der Waals surface area contributed by atoms with Crippen molar-refractivity contribution < 1.29 is 24.2 Å². The summed E-state index contributed by atoms with van der Waals surface area (Å²) in [5.41, 5.74) is 16.1. The van der Waals surface area contributed by atoms with Crippen LogP contribution in [0.25, 0.3) is 0 Å². The molecule has 11 heteroatoms. The zero-order valence-electron chi connectivity index (χ0n) is 19.3. The first kappa shape index (κ1) is 35.3. The lowest BCUT2D eigenvalue weighted by Crippen LogP contribution is -2.35. The van der Waals surface area contributed by atoms with E-state index < -0.39 is 18.1 Å². The first-order chi connectivity index (χ1) is 14.4. The molecule has 32 heavy (non-hydrogen) atoms. The molecule has 0 amide bonds. The van der Waals surface area contributed by atoms with Crippen molar-refractivity contribution in [1.82, 2.24) is 0 Å². The van der Waals surface area contributed by atoms with Gasteiger partial charge in [0.25, 0.3) is 0 Å². The van der Waals surface area contributed by atoms with Gasteiger partial charge in [0.05, 0.1) is 0 Å². The Hall–Kier alpha value is -1.29. The molecule has 0 fully saturated rings. The predicted octanol–water partition coefficient (Wildman–Crippen LogP) is 2.58. The van der Waals surface area contributed by atoms with E-state index in [4.69, 9.17) is 26.7 Å². The summed E-state index contributed by atoms with van der Waals surface area (Å²) in [6, 6.07) is -0.819. The van der Waals surface area contributed by atoms with Crippen LogP contribution in [0, 0.1) is 0 Å². The van der Waals surface area contributed by atoms with Gasteiger partial charge >= 0.3 is 11.9 Å². The number of rotatable bonds is 19. The van der Waals surface area contributed by atoms with Gasteiger partial charge in [0.1, 0.15) is 25.4 Å². The van der Waals surface area contributed by atoms with Gasteiger partial charge in [-0.1, -0.05) is 58.3 Å². The van der Waals surface area contributed by atoms with Gasteiger partial charge in [-0.05, 0) is 19.3 Å². The summed E-state index contributed by atoms with van der Waals surface area (Å²) < 4.78 is 9.97. The Morgan fingerprint density at radius 2 is 1.41 bits per heavy atom. The van der Waals surface area contributed by atoms with Crippen LogP contribution in [0.4, 0.5) is 0 Å². The van der Waals surface area contributed by atoms with Crippen LogP contribution >= 0.6 is 24.8 Å². The average molecular weight is 504 g/mol. The number of carbonyl (C=O) groups is 2. The molecular formula is C21H44Cl2N4O5. The normalized spacial score (nSPS) is 12.0. The van der Waals surface area contributed by atoms with Crippen LogP contribution in [0.15, 0.2) is 4.99 Å². The monoisotopic (exact) mass is 502 g/mol. The van der Waals surface area contributed by atoms with Crippen molar-refractivity contribution in [1.29, 1.82) is 0 Å². The molecule has 0 aliphatic heterocycles. The maximum Gasteiger partial charge on any atom is 0.323 e. The van der Waals surface area contributed by atoms with Crippen molar-refractivity contribution in [2.24, 2.45) is 22.2 Å². The Kier molecular flexibility index (Phi) is 26.9. The molecule has 0 aliphatic rings. The summed E-state index contributed by atoms with van der Waals surface area (Å²) in [5.74, 6) is -0.985. The SMILES string of the molecule is CCCCCCCCCCCC(=O)OCC(O)COC(=O)[C@@H](N)CCCN=C(N)N.Cl.Cl. The van der Waals surface area contributed by atoms with Gasteiger partial charge in [-0.3, -0.25) is 14.6 Å². The smallest absolute Gasteiger partial charge is 0.323 e. The van der Waals surface area contributed by atoms with Crippen molar-refractivity contribution in [2.75, 3.05) is 19.8 Å². The second kappa shape index (κ2) is 24.4. The Morgan fingerprint density at radius 1 is 0.875 bits per heavy atom. The van der Waals surface area contributed by atoms with Crippen LogP contribution in [0.2, 0.25) is 0 Å². The van der Waals surface area contributed by atoms with Gasteiger partial charge in [0.2, 0.25) is 0 Å². The second-order valence-corrected chi connectivity index (χ2v) is 7.60. The Balaban J connectivity index is -0.00000420. The van der Waals surface area contributed by atoms with Crippen molar-refractivity contribution in [3.63, 3.8) is 0 Å². The quantitative estimate of drug-likeness (QED) is 0.0904. The fourth-order valence-electron chi connectivity index (χ4n) is 2.81. The minimum Gasteiger partial charge on any atom is -0.463 e. The van der Waals surface area contributed by atoms with E-state index >= 15 is 0 Å². The number of guanidine groups is 1. The number of halogens is 2. The number of nitrogens with two attached hydrogens (primary N) is 3. The summed E-state index contributed by atoms with van der Waals surface area (Å²) in [7, 11) is 0. The van der Waals surface area contributed by atoms with Crippen LogP contribution in [0.3, 0.4) is 0 Å². The second-order valence-electron chi connectivity index (χ2n) is 7.60. The number of hydrogen-bond acceptors (Lipinski definition) is 7. The molecule has 0 rings (SSSR count). The van der Waals surface area contributed by atoms with Crippen LogP contribution in [-0.2, 0) is 19.1 Å². The summed E-state index contributed by atoms with van der Waals surface area (Å²) >= 11 is 0. The summed E-state index contributed by atoms with van der Waals surface area (Å²) in [6.45, 7) is 2.11. The highest BCUT2D eigenvalue weighted by molar-refractivity contribution is 5.85. The van der Waals surface area contributed by atoms with Gasteiger partial charge in [-0.2, -0.15) is 0 Å². The maximum absolute atomic E-state index is 11.8. The molecule has 0 aromatic carbocycles. The molecule has 1 unspecified atom stereocenters. The van der Waals surface area contributed by atoms with E-state index in [-0.39, 0.29) is 50.0 Å². The van der Waals surface area contributed by atoms with Crippen molar-refractivity contribution in [3.8, 4) is 0 Å². The molecule has 0 saturated heterocycles. The Bertz CT molecular complexity index is 495. The number of esters is 2. The first-order valence-corrected chi connectivity index (χ1v) is 11.2. The molecule has 0 saturated carbocycles. The summed E-state index contributed by atoms with van der Waals surface area (Å²) in [4.78, 5) is 27.3. The fourth-order valence-corrected chi connectivity index (χ4v) is 2.81. The lowest BCUT2D eigenvalue weighted by molar-refractivity contribution is -0.153. The molecule has 0 aromatic heterocycles. The third-order valence-corrected chi connectivity index (χ3v) is 4.61. The third kappa shape index (κ3) is 23.4. The highest BCUT2D eigenvalue weighted by Gasteiger charge is 2.17. The van der Waals surface area contributed by atoms with E-state index in [0.717, 1.165) is 19.3 Å². The van der Waals surface area contributed by atoms with E-state index in [1.54, 1.807) is 0 Å². The van der Waals surface area contributed by atoms with E-state index in [1.165, 1.54) is 38.5 Å². The standard InChI is InChI=1S/C21H42N4O5.2ClH/c1-2-3-4-5-6-7-8-9-10-13-19(27)29-15-17(26)16-30-20(28)18(22)12-11-14-25-21(23)24;;/h17-18,26H,2-16,22H2,1H3,(H4,23,24,25);2*1H/t17?,18-;;/m0../s1. The lowest BCUT2D eigenvalue weighted by Gasteiger charge is -2.14. The molecule has 0 aromatic rings. The molecule has 2 atom stereocenters. The van der Waals surface area contributed by atoms with E-state index in [1.807, 2.05) is 0 Å². The number of aliphatic hydroxyl groups is 1.